The van der Waals surface area contributed by atoms with Gasteiger partial charge < -0.3 is 27.9 Å². The molecular formula is C29H60NO6P. The highest BCUT2D eigenvalue weighted by molar-refractivity contribution is 7.45. The molecule has 0 saturated heterocycles. The van der Waals surface area contributed by atoms with Crippen LogP contribution < -0.4 is 4.89 Å². The molecule has 0 aromatic heterocycles. The molecule has 0 heterocycles. The van der Waals surface area contributed by atoms with E-state index in [0.29, 0.717) is 17.6 Å². The zero-order valence-electron chi connectivity index (χ0n) is 25.6. The Kier molecular flexibility index (Phi) is 20.5. The Morgan fingerprint density at radius 3 is 2.00 bits per heavy atom. The van der Waals surface area contributed by atoms with Gasteiger partial charge in [0.25, 0.3) is 7.82 Å². The van der Waals surface area contributed by atoms with Crippen molar-refractivity contribution in [3.05, 3.63) is 11.6 Å². The Hall–Kier alpha value is -0.270. The highest BCUT2D eigenvalue weighted by Gasteiger charge is 2.17. The molecule has 0 fully saturated rings. The lowest BCUT2D eigenvalue weighted by atomic mass is 9.91. The molecule has 0 aliphatic heterocycles. The third kappa shape index (κ3) is 24.5. The Bertz CT molecular complexity index is 634. The van der Waals surface area contributed by atoms with Gasteiger partial charge in [0.1, 0.15) is 19.3 Å². The monoisotopic (exact) mass is 549 g/mol. The first-order chi connectivity index (χ1) is 17.2. The number of hydrogen-bond donors (Lipinski definition) is 0. The lowest BCUT2D eigenvalue weighted by molar-refractivity contribution is -0.870. The molecule has 0 radical (unpaired) electrons. The van der Waals surface area contributed by atoms with Crippen molar-refractivity contribution >= 4 is 7.82 Å². The summed E-state index contributed by atoms with van der Waals surface area (Å²) in [6.07, 6.45) is 13.3. The lowest BCUT2D eigenvalue weighted by Gasteiger charge is -2.28. The summed E-state index contributed by atoms with van der Waals surface area (Å²) in [5.41, 5.74) is 1.32. The zero-order chi connectivity index (χ0) is 28.3. The van der Waals surface area contributed by atoms with E-state index in [1.807, 2.05) is 21.1 Å². The topological polar surface area (TPSA) is 77.1 Å². The van der Waals surface area contributed by atoms with E-state index in [1.54, 1.807) is 0 Å². The van der Waals surface area contributed by atoms with Gasteiger partial charge in [0, 0.05) is 7.11 Å². The van der Waals surface area contributed by atoms with E-state index in [0.717, 1.165) is 24.2 Å². The van der Waals surface area contributed by atoms with E-state index >= 15 is 0 Å². The number of rotatable bonds is 24. The molecule has 0 spiro atoms. The van der Waals surface area contributed by atoms with Gasteiger partial charge in [0.05, 0.1) is 41.0 Å². The number of hydrogen-bond acceptors (Lipinski definition) is 6. The molecule has 37 heavy (non-hydrogen) atoms. The van der Waals surface area contributed by atoms with Crippen LogP contribution >= 0.6 is 7.82 Å². The number of nitrogens with zero attached hydrogens (tertiary/aromatic N) is 1. The van der Waals surface area contributed by atoms with Crippen LogP contribution in [0.25, 0.3) is 0 Å². The predicted octanol–water partition coefficient (Wildman–Crippen LogP) is 6.61. The van der Waals surface area contributed by atoms with Crippen molar-refractivity contribution in [2.45, 2.75) is 98.5 Å². The second kappa shape index (κ2) is 20.6. The first-order valence-corrected chi connectivity index (χ1v) is 15.9. The Balaban J connectivity index is 3.98. The van der Waals surface area contributed by atoms with Crippen LogP contribution in [-0.2, 0) is 23.1 Å². The lowest BCUT2D eigenvalue weighted by Crippen LogP contribution is -2.37. The average Bonchev–Trinajstić information content (AvgIpc) is 2.77. The van der Waals surface area contributed by atoms with Gasteiger partial charge in [-0.1, -0.05) is 84.3 Å². The number of methoxy groups -OCH3 is 1. The summed E-state index contributed by atoms with van der Waals surface area (Å²) >= 11 is 0. The van der Waals surface area contributed by atoms with Gasteiger partial charge in [-0.2, -0.15) is 0 Å². The van der Waals surface area contributed by atoms with Gasteiger partial charge in [-0.25, -0.2) is 0 Å². The van der Waals surface area contributed by atoms with E-state index < -0.39 is 13.9 Å². The fourth-order valence-corrected chi connectivity index (χ4v) is 4.76. The summed E-state index contributed by atoms with van der Waals surface area (Å²) in [5, 5.41) is 0. The molecule has 0 aliphatic carbocycles. The molecule has 8 heteroatoms. The van der Waals surface area contributed by atoms with Crippen LogP contribution in [0.5, 0.6) is 0 Å². The number of quaternary nitrogens is 1. The highest BCUT2D eigenvalue weighted by atomic mass is 31.2. The first kappa shape index (κ1) is 36.7. The molecule has 0 saturated carbocycles. The Labute approximate surface area is 229 Å². The van der Waals surface area contributed by atoms with Crippen molar-refractivity contribution in [1.82, 2.24) is 0 Å². The van der Waals surface area contributed by atoms with Crippen LogP contribution in [-0.4, -0.2) is 71.8 Å². The van der Waals surface area contributed by atoms with Crippen LogP contribution in [0.3, 0.4) is 0 Å². The maximum absolute atomic E-state index is 11.9. The normalized spacial score (nSPS) is 17.1. The molecule has 0 aliphatic rings. The van der Waals surface area contributed by atoms with Gasteiger partial charge in [-0.15, -0.1) is 0 Å². The van der Waals surface area contributed by atoms with Crippen LogP contribution in [0, 0.1) is 17.8 Å². The molecule has 4 unspecified atom stereocenters. The first-order valence-electron chi connectivity index (χ1n) is 14.4. The van der Waals surface area contributed by atoms with E-state index in [9.17, 15) is 9.46 Å². The van der Waals surface area contributed by atoms with E-state index in [-0.39, 0.29) is 19.8 Å². The molecule has 4 atom stereocenters. The minimum absolute atomic E-state index is 0.0824. The van der Waals surface area contributed by atoms with Crippen molar-refractivity contribution in [2.75, 3.05) is 61.2 Å². The van der Waals surface area contributed by atoms with Gasteiger partial charge in [0.15, 0.2) is 0 Å². The van der Waals surface area contributed by atoms with E-state index in [1.165, 1.54) is 64.0 Å². The number of ether oxygens (including phenoxy) is 2. The molecule has 0 rings (SSSR count). The van der Waals surface area contributed by atoms with Crippen LogP contribution in [0.4, 0.5) is 0 Å². The minimum atomic E-state index is -4.35. The fourth-order valence-electron chi connectivity index (χ4n) is 4.03. The summed E-state index contributed by atoms with van der Waals surface area (Å²) in [6.45, 7) is 12.8. The predicted molar refractivity (Wildman–Crippen MR) is 153 cm³/mol. The smallest absolute Gasteiger partial charge is 0.268 e. The van der Waals surface area contributed by atoms with Gasteiger partial charge in [-0.05, 0) is 37.5 Å². The molecule has 0 aromatic carbocycles. The number of phosphoric ester groups is 1. The number of phosphoric acid groups is 1. The van der Waals surface area contributed by atoms with Gasteiger partial charge in [-0.3, -0.25) is 4.57 Å². The van der Waals surface area contributed by atoms with Crippen molar-refractivity contribution in [3.8, 4) is 0 Å². The molecule has 0 bridgehead atoms. The van der Waals surface area contributed by atoms with E-state index in [4.69, 9.17) is 18.5 Å². The summed E-state index contributed by atoms with van der Waals surface area (Å²) in [5.74, 6) is 2.46. The van der Waals surface area contributed by atoms with Crippen molar-refractivity contribution in [2.24, 2.45) is 17.8 Å². The van der Waals surface area contributed by atoms with Gasteiger partial charge in [0.2, 0.25) is 0 Å². The highest BCUT2D eigenvalue weighted by Crippen LogP contribution is 2.38. The Morgan fingerprint density at radius 1 is 0.892 bits per heavy atom. The SMILES string of the molecule is COC(COC/C=C(\C)CCCC(C)CCCC(C)CCCC(C)C)COP(=O)([O-])OCC[N+](C)(C)C. The van der Waals surface area contributed by atoms with E-state index in [2.05, 4.69) is 40.7 Å². The molecular weight excluding hydrogens is 489 g/mol. The maximum Gasteiger partial charge on any atom is 0.268 e. The molecule has 7 nitrogen and oxygen atoms in total. The van der Waals surface area contributed by atoms with Crippen LogP contribution in [0.1, 0.15) is 92.4 Å². The fraction of sp³-hybridized carbons (Fsp3) is 0.931. The summed E-state index contributed by atoms with van der Waals surface area (Å²) in [6, 6.07) is 0. The van der Waals surface area contributed by atoms with Crippen LogP contribution in [0.15, 0.2) is 11.6 Å². The van der Waals surface area contributed by atoms with Crippen LogP contribution in [0.2, 0.25) is 0 Å². The van der Waals surface area contributed by atoms with Crippen molar-refractivity contribution in [1.29, 1.82) is 0 Å². The number of allylic oxidation sites excluding steroid dienone is 1. The molecule has 0 amide bonds. The molecule has 0 N–H and O–H groups in total. The van der Waals surface area contributed by atoms with Gasteiger partial charge >= 0.3 is 0 Å². The second-order valence-electron chi connectivity index (χ2n) is 12.4. The van der Waals surface area contributed by atoms with Crippen molar-refractivity contribution in [3.63, 3.8) is 0 Å². The second-order valence-corrected chi connectivity index (χ2v) is 13.8. The molecule has 222 valence electrons. The average molecular weight is 550 g/mol. The Morgan fingerprint density at radius 2 is 1.46 bits per heavy atom. The summed E-state index contributed by atoms with van der Waals surface area (Å²) in [4.78, 5) is 11.9. The summed E-state index contributed by atoms with van der Waals surface area (Å²) < 4.78 is 33.4. The number of likely N-dealkylation sites (N-methyl/N-ethyl adjacent to an activating group) is 1. The third-order valence-electron chi connectivity index (χ3n) is 6.76. The maximum atomic E-state index is 11.9. The zero-order valence-corrected chi connectivity index (χ0v) is 26.5. The minimum Gasteiger partial charge on any atom is -0.756 e. The van der Waals surface area contributed by atoms with Crippen molar-refractivity contribution < 1.29 is 32.5 Å². The third-order valence-corrected chi connectivity index (χ3v) is 7.72. The molecule has 0 aromatic rings. The quantitative estimate of drug-likeness (QED) is 0.0583. The summed E-state index contributed by atoms with van der Waals surface area (Å²) in [7, 11) is 3.06. The largest absolute Gasteiger partial charge is 0.756 e. The standard InChI is InChI=1S/C29H60NO6P/c1-25(2)13-10-14-26(3)15-11-16-27(4)17-12-18-28(5)19-21-34-23-29(33-9)24-36-37(31,32)35-22-20-30(6,7)8/h19,25-27,29H,10-18,20-24H2,1-9H3/b28-19+.